The average Bonchev–Trinajstić information content (AvgIpc) is 1.99. The Balaban J connectivity index is 2.07. The van der Waals surface area contributed by atoms with Gasteiger partial charge in [0.1, 0.15) is 0 Å². The molecule has 0 bridgehead atoms. The summed E-state index contributed by atoms with van der Waals surface area (Å²) in [4.78, 5) is 0. The topological polar surface area (TPSA) is 21.3 Å². The minimum atomic E-state index is 0.744. The fraction of sp³-hybridized carbons (Fsp3) is 1.00. The van der Waals surface area contributed by atoms with E-state index in [2.05, 4.69) is 12.4 Å². The molecule has 0 aromatic carbocycles. The van der Waals surface area contributed by atoms with E-state index in [1.54, 1.807) is 7.11 Å². The van der Waals surface area contributed by atoms with Gasteiger partial charge in [0, 0.05) is 19.8 Å². The monoisotopic (exact) mass is 171 g/mol. The van der Waals surface area contributed by atoms with Crippen molar-refractivity contribution in [3.8, 4) is 0 Å². The van der Waals surface area contributed by atoms with E-state index in [0.717, 1.165) is 18.6 Å². The maximum absolute atomic E-state index is 5.04. The number of nitrogens with one attached hydrogen (secondary N) is 1. The molecule has 0 aromatic heterocycles. The SMILES string of the molecule is CNC(CCCOC)C1CCC1. The maximum atomic E-state index is 5.04. The highest BCUT2D eigenvalue weighted by Gasteiger charge is 2.25. The summed E-state index contributed by atoms with van der Waals surface area (Å²) in [6, 6.07) is 0.744. The van der Waals surface area contributed by atoms with E-state index < -0.39 is 0 Å². The Morgan fingerprint density at radius 3 is 2.67 bits per heavy atom. The Morgan fingerprint density at radius 1 is 1.50 bits per heavy atom. The average molecular weight is 171 g/mol. The van der Waals surface area contributed by atoms with Crippen LogP contribution in [-0.2, 0) is 4.74 Å². The first-order valence-corrected chi connectivity index (χ1v) is 5.04. The summed E-state index contributed by atoms with van der Waals surface area (Å²) in [6.07, 6.45) is 6.76. The first-order valence-electron chi connectivity index (χ1n) is 5.04. The zero-order chi connectivity index (χ0) is 8.81. The van der Waals surface area contributed by atoms with Crippen molar-refractivity contribution in [1.82, 2.24) is 5.32 Å². The summed E-state index contributed by atoms with van der Waals surface area (Å²) in [5, 5.41) is 3.41. The van der Waals surface area contributed by atoms with E-state index in [9.17, 15) is 0 Å². The Hall–Kier alpha value is -0.0800. The third-order valence-corrected chi connectivity index (χ3v) is 2.95. The van der Waals surface area contributed by atoms with Crippen LogP contribution >= 0.6 is 0 Å². The normalized spacial score (nSPS) is 20.5. The smallest absolute Gasteiger partial charge is 0.0462 e. The van der Waals surface area contributed by atoms with Gasteiger partial charge < -0.3 is 10.1 Å². The maximum Gasteiger partial charge on any atom is 0.0462 e. The zero-order valence-electron chi connectivity index (χ0n) is 8.31. The van der Waals surface area contributed by atoms with Crippen molar-refractivity contribution in [2.45, 2.75) is 38.1 Å². The first kappa shape index (κ1) is 10.0. The molecule has 1 N–H and O–H groups in total. The Kier molecular flexibility index (Phi) is 4.62. The van der Waals surface area contributed by atoms with Crippen molar-refractivity contribution in [2.75, 3.05) is 20.8 Å². The molecule has 0 radical (unpaired) electrons. The molecule has 0 aliphatic heterocycles. The molecular formula is C10H21NO. The molecule has 0 saturated heterocycles. The molecule has 0 aromatic rings. The Labute approximate surface area is 75.7 Å². The van der Waals surface area contributed by atoms with Crippen molar-refractivity contribution in [3.05, 3.63) is 0 Å². The molecule has 1 aliphatic rings. The standard InChI is InChI=1S/C10H21NO/c1-11-10(7-4-8-12-2)9-5-3-6-9/h9-11H,3-8H2,1-2H3. The highest BCUT2D eigenvalue weighted by atomic mass is 16.5. The molecular weight excluding hydrogens is 150 g/mol. The van der Waals surface area contributed by atoms with E-state index in [0.29, 0.717) is 0 Å². The summed E-state index contributed by atoms with van der Waals surface area (Å²) < 4.78 is 5.04. The number of methoxy groups -OCH3 is 1. The van der Waals surface area contributed by atoms with Crippen molar-refractivity contribution in [3.63, 3.8) is 0 Å². The Morgan fingerprint density at radius 2 is 2.25 bits per heavy atom. The molecule has 0 amide bonds. The predicted molar refractivity (Wildman–Crippen MR) is 51.3 cm³/mol. The van der Waals surface area contributed by atoms with Crippen LogP contribution in [0.4, 0.5) is 0 Å². The molecule has 72 valence electrons. The molecule has 1 unspecified atom stereocenters. The predicted octanol–water partition coefficient (Wildman–Crippen LogP) is 1.80. The number of hydrogen-bond acceptors (Lipinski definition) is 2. The summed E-state index contributed by atoms with van der Waals surface area (Å²) in [6.45, 7) is 0.908. The van der Waals surface area contributed by atoms with Crippen LogP contribution in [0, 0.1) is 5.92 Å². The summed E-state index contributed by atoms with van der Waals surface area (Å²) in [5.74, 6) is 0.951. The molecule has 1 fully saturated rings. The van der Waals surface area contributed by atoms with Crippen LogP contribution in [0.2, 0.25) is 0 Å². The highest BCUT2D eigenvalue weighted by molar-refractivity contribution is 4.81. The van der Waals surface area contributed by atoms with E-state index in [1.807, 2.05) is 0 Å². The molecule has 0 heterocycles. The molecule has 1 rings (SSSR count). The lowest BCUT2D eigenvalue weighted by molar-refractivity contribution is 0.171. The van der Waals surface area contributed by atoms with Gasteiger partial charge in [0.2, 0.25) is 0 Å². The van der Waals surface area contributed by atoms with Crippen LogP contribution in [0.5, 0.6) is 0 Å². The molecule has 0 spiro atoms. The van der Waals surface area contributed by atoms with Gasteiger partial charge in [-0.3, -0.25) is 0 Å². The van der Waals surface area contributed by atoms with Crippen molar-refractivity contribution in [1.29, 1.82) is 0 Å². The third kappa shape index (κ3) is 2.76. The summed E-state index contributed by atoms with van der Waals surface area (Å²) in [7, 11) is 3.85. The van der Waals surface area contributed by atoms with Gasteiger partial charge in [0.15, 0.2) is 0 Å². The van der Waals surface area contributed by atoms with Gasteiger partial charge in [-0.2, -0.15) is 0 Å². The molecule has 2 heteroatoms. The van der Waals surface area contributed by atoms with Crippen LogP contribution in [-0.4, -0.2) is 26.8 Å². The van der Waals surface area contributed by atoms with E-state index >= 15 is 0 Å². The van der Waals surface area contributed by atoms with Gasteiger partial charge in [-0.05, 0) is 38.6 Å². The third-order valence-electron chi connectivity index (χ3n) is 2.95. The van der Waals surface area contributed by atoms with Gasteiger partial charge in [-0.15, -0.1) is 0 Å². The van der Waals surface area contributed by atoms with Crippen LogP contribution in [0.3, 0.4) is 0 Å². The lowest BCUT2D eigenvalue weighted by Gasteiger charge is -2.33. The lowest BCUT2D eigenvalue weighted by atomic mass is 9.78. The summed E-state index contributed by atoms with van der Waals surface area (Å²) in [5.41, 5.74) is 0. The minimum Gasteiger partial charge on any atom is -0.385 e. The molecule has 1 saturated carbocycles. The quantitative estimate of drug-likeness (QED) is 0.615. The van der Waals surface area contributed by atoms with Crippen LogP contribution in [0.15, 0.2) is 0 Å². The number of ether oxygens (including phenoxy) is 1. The van der Waals surface area contributed by atoms with E-state index in [4.69, 9.17) is 4.74 Å². The Bertz CT molecular complexity index is 112. The minimum absolute atomic E-state index is 0.744. The zero-order valence-corrected chi connectivity index (χ0v) is 8.31. The highest BCUT2D eigenvalue weighted by Crippen LogP contribution is 2.31. The van der Waals surface area contributed by atoms with E-state index in [1.165, 1.54) is 32.1 Å². The second-order valence-corrected chi connectivity index (χ2v) is 3.72. The summed E-state index contributed by atoms with van der Waals surface area (Å²) >= 11 is 0. The largest absolute Gasteiger partial charge is 0.385 e. The fourth-order valence-corrected chi connectivity index (χ4v) is 1.91. The lowest BCUT2D eigenvalue weighted by Crippen LogP contribution is -2.37. The van der Waals surface area contributed by atoms with Crippen molar-refractivity contribution < 1.29 is 4.74 Å². The number of hydrogen-bond donors (Lipinski definition) is 1. The van der Waals surface area contributed by atoms with Gasteiger partial charge in [-0.1, -0.05) is 6.42 Å². The molecule has 1 atom stereocenters. The second kappa shape index (κ2) is 5.55. The van der Waals surface area contributed by atoms with Gasteiger partial charge in [0.25, 0.3) is 0 Å². The van der Waals surface area contributed by atoms with Crippen LogP contribution < -0.4 is 5.32 Å². The van der Waals surface area contributed by atoms with Crippen molar-refractivity contribution >= 4 is 0 Å². The van der Waals surface area contributed by atoms with Crippen LogP contribution in [0.25, 0.3) is 0 Å². The van der Waals surface area contributed by atoms with Gasteiger partial charge in [0.05, 0.1) is 0 Å². The fourth-order valence-electron chi connectivity index (χ4n) is 1.91. The van der Waals surface area contributed by atoms with Crippen molar-refractivity contribution in [2.24, 2.45) is 5.92 Å². The van der Waals surface area contributed by atoms with E-state index in [-0.39, 0.29) is 0 Å². The second-order valence-electron chi connectivity index (χ2n) is 3.72. The van der Waals surface area contributed by atoms with Crippen LogP contribution in [0.1, 0.15) is 32.1 Å². The molecule has 2 nitrogen and oxygen atoms in total. The molecule has 1 aliphatic carbocycles. The van der Waals surface area contributed by atoms with Gasteiger partial charge >= 0.3 is 0 Å². The first-order chi connectivity index (χ1) is 5.88. The molecule has 12 heavy (non-hydrogen) atoms. The number of rotatable bonds is 6. The van der Waals surface area contributed by atoms with Gasteiger partial charge in [-0.25, -0.2) is 0 Å².